The van der Waals surface area contributed by atoms with Gasteiger partial charge in [-0.15, -0.1) is 0 Å². The van der Waals surface area contributed by atoms with Crippen LogP contribution in [-0.2, 0) is 0 Å². The maximum atomic E-state index is 12.7. The summed E-state index contributed by atoms with van der Waals surface area (Å²) >= 11 is 9.64. The normalized spacial score (nSPS) is 11.2. The molecule has 0 aliphatic heterocycles. The molecule has 3 nitrogen and oxygen atoms in total. The third-order valence-electron chi connectivity index (χ3n) is 3.15. The summed E-state index contributed by atoms with van der Waals surface area (Å²) in [6.45, 7) is 7.88. The molecule has 1 aromatic heterocycles. The number of benzene rings is 1. The van der Waals surface area contributed by atoms with Crippen LogP contribution in [0.2, 0.25) is 5.02 Å². The molecule has 0 aliphatic carbocycles. The van der Waals surface area contributed by atoms with Crippen molar-refractivity contribution in [3.05, 3.63) is 50.2 Å². The molecule has 0 N–H and O–H groups in total. The van der Waals surface area contributed by atoms with E-state index in [9.17, 15) is 4.79 Å². The number of carbonyl (C=O) groups is 1. The van der Waals surface area contributed by atoms with Crippen LogP contribution in [0.5, 0.6) is 0 Å². The van der Waals surface area contributed by atoms with E-state index in [0.29, 0.717) is 16.3 Å². The highest BCUT2D eigenvalue weighted by Crippen LogP contribution is 2.26. The molecule has 0 saturated heterocycles. The lowest BCUT2D eigenvalue weighted by molar-refractivity contribution is 0.102. The number of aromatic nitrogens is 2. The smallest absolute Gasteiger partial charge is 0.212 e. The van der Waals surface area contributed by atoms with Crippen LogP contribution in [0.4, 0.5) is 0 Å². The predicted molar refractivity (Wildman–Crippen MR) is 84.7 cm³/mol. The molecule has 106 valence electrons. The fourth-order valence-electron chi connectivity index (χ4n) is 2.16. The largest absolute Gasteiger partial charge is 0.287 e. The highest BCUT2D eigenvalue weighted by Gasteiger charge is 2.21. The van der Waals surface area contributed by atoms with E-state index in [0.717, 1.165) is 15.6 Å². The molecule has 20 heavy (non-hydrogen) atoms. The van der Waals surface area contributed by atoms with Gasteiger partial charge in [0.15, 0.2) is 0 Å². The minimum absolute atomic E-state index is 0.0825. The van der Waals surface area contributed by atoms with Crippen LogP contribution in [0.15, 0.2) is 22.8 Å². The zero-order valence-corrected chi connectivity index (χ0v) is 14.2. The standard InChI is InChI=1S/C15H16BrClN2O/c1-8(2)19-14(12(17)7-18-19)15(20)11-5-9(3)13(16)10(4)6-11/h5-8H,1-4H3. The summed E-state index contributed by atoms with van der Waals surface area (Å²) in [6, 6.07) is 3.82. The molecule has 5 heteroatoms. The molecular formula is C15H16BrClN2O. The Morgan fingerprint density at radius 1 is 1.30 bits per heavy atom. The van der Waals surface area contributed by atoms with E-state index in [4.69, 9.17) is 11.6 Å². The number of rotatable bonds is 3. The maximum Gasteiger partial charge on any atom is 0.212 e. The lowest BCUT2D eigenvalue weighted by atomic mass is 10.0. The Kier molecular flexibility index (Phi) is 4.35. The molecule has 1 heterocycles. The Morgan fingerprint density at radius 3 is 2.35 bits per heavy atom. The molecule has 0 unspecified atom stereocenters. The topological polar surface area (TPSA) is 34.9 Å². The molecule has 0 bridgehead atoms. The van der Waals surface area contributed by atoms with Crippen molar-refractivity contribution in [1.29, 1.82) is 0 Å². The molecule has 0 amide bonds. The third-order valence-corrected chi connectivity index (χ3v) is 4.68. The molecule has 2 aromatic rings. The quantitative estimate of drug-likeness (QED) is 0.746. The van der Waals surface area contributed by atoms with Crippen molar-refractivity contribution in [2.24, 2.45) is 0 Å². The van der Waals surface area contributed by atoms with Gasteiger partial charge in [0.2, 0.25) is 5.78 Å². The molecule has 2 rings (SSSR count). The lowest BCUT2D eigenvalue weighted by Gasteiger charge is -2.12. The molecule has 0 saturated carbocycles. The Hall–Kier alpha value is -1.13. The fourth-order valence-corrected chi connectivity index (χ4v) is 2.60. The van der Waals surface area contributed by atoms with E-state index in [1.165, 1.54) is 6.20 Å². The van der Waals surface area contributed by atoms with E-state index in [-0.39, 0.29) is 11.8 Å². The van der Waals surface area contributed by atoms with Crippen LogP contribution in [0.1, 0.15) is 47.1 Å². The Balaban J connectivity index is 2.55. The van der Waals surface area contributed by atoms with Gasteiger partial charge in [0.05, 0.1) is 11.2 Å². The van der Waals surface area contributed by atoms with Gasteiger partial charge < -0.3 is 0 Å². The number of nitrogens with zero attached hydrogens (tertiary/aromatic N) is 2. The molecule has 0 aliphatic rings. The highest BCUT2D eigenvalue weighted by molar-refractivity contribution is 9.10. The molecule has 0 spiro atoms. The van der Waals surface area contributed by atoms with Gasteiger partial charge in [-0.1, -0.05) is 27.5 Å². The highest BCUT2D eigenvalue weighted by atomic mass is 79.9. The van der Waals surface area contributed by atoms with Gasteiger partial charge in [0.25, 0.3) is 0 Å². The van der Waals surface area contributed by atoms with Crippen molar-refractivity contribution in [3.8, 4) is 0 Å². The van der Waals surface area contributed by atoms with Crippen LogP contribution in [0.25, 0.3) is 0 Å². The first-order valence-electron chi connectivity index (χ1n) is 6.37. The van der Waals surface area contributed by atoms with Gasteiger partial charge in [-0.3, -0.25) is 9.48 Å². The van der Waals surface area contributed by atoms with Crippen LogP contribution in [-0.4, -0.2) is 15.6 Å². The second-order valence-corrected chi connectivity index (χ2v) is 6.33. The monoisotopic (exact) mass is 354 g/mol. The Labute approximate surface area is 132 Å². The summed E-state index contributed by atoms with van der Waals surface area (Å²) in [6.07, 6.45) is 1.52. The SMILES string of the molecule is Cc1cc(C(=O)c2c(Cl)cnn2C(C)C)cc(C)c1Br. The van der Waals surface area contributed by atoms with E-state index in [2.05, 4.69) is 21.0 Å². The predicted octanol–water partition coefficient (Wildman–Crippen LogP) is 4.73. The second kappa shape index (κ2) is 5.70. The summed E-state index contributed by atoms with van der Waals surface area (Å²) < 4.78 is 2.69. The van der Waals surface area contributed by atoms with Gasteiger partial charge in [0.1, 0.15) is 5.69 Å². The molecule has 0 atom stereocenters. The van der Waals surface area contributed by atoms with Gasteiger partial charge >= 0.3 is 0 Å². The van der Waals surface area contributed by atoms with Gasteiger partial charge in [-0.05, 0) is 51.0 Å². The summed E-state index contributed by atoms with van der Waals surface area (Å²) in [7, 11) is 0. The fraction of sp³-hybridized carbons (Fsp3) is 0.333. The van der Waals surface area contributed by atoms with E-state index >= 15 is 0 Å². The van der Waals surface area contributed by atoms with Crippen LogP contribution < -0.4 is 0 Å². The first-order chi connectivity index (χ1) is 9.32. The minimum Gasteiger partial charge on any atom is -0.287 e. The van der Waals surface area contributed by atoms with Gasteiger partial charge in [-0.25, -0.2) is 0 Å². The molecule has 0 fully saturated rings. The van der Waals surface area contributed by atoms with Crippen molar-refractivity contribution in [2.75, 3.05) is 0 Å². The maximum absolute atomic E-state index is 12.7. The average molecular weight is 356 g/mol. The van der Waals surface area contributed by atoms with Crippen molar-refractivity contribution in [2.45, 2.75) is 33.7 Å². The average Bonchev–Trinajstić information content (AvgIpc) is 2.76. The van der Waals surface area contributed by atoms with E-state index in [1.807, 2.05) is 39.8 Å². The number of ketones is 1. The van der Waals surface area contributed by atoms with E-state index in [1.54, 1.807) is 4.68 Å². The lowest BCUT2D eigenvalue weighted by Crippen LogP contribution is -2.14. The summed E-state index contributed by atoms with van der Waals surface area (Å²) in [5.41, 5.74) is 3.13. The number of halogens is 2. The summed E-state index contributed by atoms with van der Waals surface area (Å²) in [4.78, 5) is 12.7. The number of aryl methyl sites for hydroxylation is 2. The molecular weight excluding hydrogens is 340 g/mol. The Bertz CT molecular complexity index is 654. The zero-order valence-electron chi connectivity index (χ0n) is 11.9. The van der Waals surface area contributed by atoms with Crippen LogP contribution in [0, 0.1) is 13.8 Å². The van der Waals surface area contributed by atoms with Crippen LogP contribution >= 0.6 is 27.5 Å². The second-order valence-electron chi connectivity index (χ2n) is 5.13. The van der Waals surface area contributed by atoms with Gasteiger partial charge in [0, 0.05) is 16.1 Å². The van der Waals surface area contributed by atoms with E-state index < -0.39 is 0 Å². The summed E-state index contributed by atoms with van der Waals surface area (Å²) in [5, 5.41) is 4.57. The Morgan fingerprint density at radius 2 is 1.85 bits per heavy atom. The van der Waals surface area contributed by atoms with Crippen molar-refractivity contribution >= 4 is 33.3 Å². The van der Waals surface area contributed by atoms with Gasteiger partial charge in [-0.2, -0.15) is 5.10 Å². The zero-order chi connectivity index (χ0) is 15.0. The van der Waals surface area contributed by atoms with Crippen molar-refractivity contribution < 1.29 is 4.79 Å². The van der Waals surface area contributed by atoms with Crippen molar-refractivity contribution in [1.82, 2.24) is 9.78 Å². The summed E-state index contributed by atoms with van der Waals surface area (Å²) in [5.74, 6) is -0.0973. The first-order valence-corrected chi connectivity index (χ1v) is 7.54. The molecule has 0 radical (unpaired) electrons. The van der Waals surface area contributed by atoms with Crippen molar-refractivity contribution in [3.63, 3.8) is 0 Å². The molecule has 1 aromatic carbocycles. The minimum atomic E-state index is -0.0973. The van der Waals surface area contributed by atoms with Crippen LogP contribution in [0.3, 0.4) is 0 Å². The number of hydrogen-bond acceptors (Lipinski definition) is 2. The number of hydrogen-bond donors (Lipinski definition) is 0. The third kappa shape index (κ3) is 2.67. The first kappa shape index (κ1) is 15.3. The number of carbonyl (C=O) groups excluding carboxylic acids is 1.